The van der Waals surface area contributed by atoms with E-state index in [0.29, 0.717) is 23.5 Å². The minimum Gasteiger partial charge on any atom is -0.373 e. The standard InChI is InChI=1S/C20H32O2/c1-12(2)15-7-8-19(5)10-17-14(4)18(21)11-20(17,22-6)13(3)9-16(15)19/h12-13,15-16H,7-11H2,1-6H3/t13-,15+,16-,19+,20+/m0/s1. The highest BCUT2D eigenvalue weighted by Crippen LogP contribution is 2.61. The number of Topliss-reactive ketones (excluding diaryl/α,β-unsaturated/α-hetero) is 1. The van der Waals surface area contributed by atoms with Crippen molar-refractivity contribution in [3.63, 3.8) is 0 Å². The Bertz CT molecular complexity index is 518. The summed E-state index contributed by atoms with van der Waals surface area (Å²) in [5, 5.41) is 0. The number of rotatable bonds is 2. The van der Waals surface area contributed by atoms with Crippen molar-refractivity contribution in [3.8, 4) is 0 Å². The van der Waals surface area contributed by atoms with Crippen LogP contribution in [0, 0.1) is 29.1 Å². The van der Waals surface area contributed by atoms with E-state index in [-0.39, 0.29) is 5.60 Å². The highest BCUT2D eigenvalue weighted by atomic mass is 16.5. The molecule has 0 saturated heterocycles. The molecule has 0 aromatic carbocycles. The van der Waals surface area contributed by atoms with E-state index in [1.54, 1.807) is 0 Å². The van der Waals surface area contributed by atoms with E-state index in [9.17, 15) is 4.79 Å². The van der Waals surface area contributed by atoms with Gasteiger partial charge in [-0.15, -0.1) is 0 Å². The number of hydrogen-bond donors (Lipinski definition) is 0. The lowest BCUT2D eigenvalue weighted by atomic mass is 9.70. The van der Waals surface area contributed by atoms with E-state index in [4.69, 9.17) is 4.74 Å². The van der Waals surface area contributed by atoms with Crippen LogP contribution in [0.3, 0.4) is 0 Å². The van der Waals surface area contributed by atoms with E-state index in [1.165, 1.54) is 24.8 Å². The molecule has 0 unspecified atom stereocenters. The topological polar surface area (TPSA) is 26.3 Å². The van der Waals surface area contributed by atoms with Gasteiger partial charge in [-0.25, -0.2) is 0 Å². The Kier molecular flexibility index (Phi) is 3.83. The Morgan fingerprint density at radius 2 is 1.95 bits per heavy atom. The van der Waals surface area contributed by atoms with Gasteiger partial charge in [-0.3, -0.25) is 4.79 Å². The molecule has 0 spiro atoms. The highest BCUT2D eigenvalue weighted by molar-refractivity contribution is 6.00. The van der Waals surface area contributed by atoms with Crippen LogP contribution < -0.4 is 0 Å². The van der Waals surface area contributed by atoms with Gasteiger partial charge >= 0.3 is 0 Å². The zero-order valence-electron chi connectivity index (χ0n) is 15.2. The number of methoxy groups -OCH3 is 1. The molecule has 2 nitrogen and oxygen atoms in total. The second-order valence-corrected chi connectivity index (χ2v) is 8.82. The average molecular weight is 304 g/mol. The Hall–Kier alpha value is -0.630. The fourth-order valence-electron chi connectivity index (χ4n) is 5.97. The molecule has 0 N–H and O–H groups in total. The second-order valence-electron chi connectivity index (χ2n) is 8.82. The molecule has 3 rings (SSSR count). The van der Waals surface area contributed by atoms with E-state index in [2.05, 4.69) is 27.7 Å². The highest BCUT2D eigenvalue weighted by Gasteiger charge is 2.57. The number of carbonyl (C=O) groups excluding carboxylic acids is 1. The summed E-state index contributed by atoms with van der Waals surface area (Å²) in [5.41, 5.74) is 2.38. The lowest BCUT2D eigenvalue weighted by Gasteiger charge is -2.36. The average Bonchev–Trinajstić information content (AvgIpc) is 2.87. The van der Waals surface area contributed by atoms with Gasteiger partial charge in [0.2, 0.25) is 0 Å². The molecule has 2 fully saturated rings. The lowest BCUT2D eigenvalue weighted by Crippen LogP contribution is -2.39. The van der Waals surface area contributed by atoms with Gasteiger partial charge in [0.1, 0.15) is 0 Å². The Labute approximate surface area is 135 Å². The van der Waals surface area contributed by atoms with Crippen molar-refractivity contribution in [2.45, 2.75) is 72.3 Å². The summed E-state index contributed by atoms with van der Waals surface area (Å²) in [6.07, 6.45) is 5.50. The van der Waals surface area contributed by atoms with Crippen LogP contribution in [-0.4, -0.2) is 18.5 Å². The van der Waals surface area contributed by atoms with E-state index < -0.39 is 0 Å². The van der Waals surface area contributed by atoms with Crippen LogP contribution >= 0.6 is 0 Å². The van der Waals surface area contributed by atoms with Crippen molar-refractivity contribution in [3.05, 3.63) is 11.1 Å². The van der Waals surface area contributed by atoms with Crippen molar-refractivity contribution in [1.29, 1.82) is 0 Å². The zero-order chi connectivity index (χ0) is 16.3. The molecule has 3 aliphatic carbocycles. The zero-order valence-corrected chi connectivity index (χ0v) is 15.2. The molecule has 0 bridgehead atoms. The van der Waals surface area contributed by atoms with Crippen molar-refractivity contribution in [1.82, 2.24) is 0 Å². The molecule has 0 aromatic heterocycles. The van der Waals surface area contributed by atoms with E-state index in [0.717, 1.165) is 29.7 Å². The van der Waals surface area contributed by atoms with Crippen LogP contribution in [0.25, 0.3) is 0 Å². The summed E-state index contributed by atoms with van der Waals surface area (Å²) < 4.78 is 6.06. The molecular formula is C20H32O2. The first-order valence-corrected chi connectivity index (χ1v) is 9.04. The van der Waals surface area contributed by atoms with Crippen LogP contribution in [0.1, 0.15) is 66.7 Å². The van der Waals surface area contributed by atoms with Crippen LogP contribution in [0.2, 0.25) is 0 Å². The summed E-state index contributed by atoms with van der Waals surface area (Å²) in [5.74, 6) is 3.10. The number of ketones is 1. The molecule has 0 aromatic rings. The number of ether oxygens (including phenoxy) is 1. The predicted octanol–water partition coefficient (Wildman–Crippen LogP) is 4.78. The third-order valence-corrected chi connectivity index (χ3v) is 7.47. The minimum absolute atomic E-state index is 0.309. The third-order valence-electron chi connectivity index (χ3n) is 7.47. The van der Waals surface area contributed by atoms with Crippen LogP contribution in [0.15, 0.2) is 11.1 Å². The Morgan fingerprint density at radius 1 is 1.27 bits per heavy atom. The smallest absolute Gasteiger partial charge is 0.161 e. The Morgan fingerprint density at radius 3 is 2.55 bits per heavy atom. The molecule has 0 heterocycles. The van der Waals surface area contributed by atoms with Crippen LogP contribution in [0.4, 0.5) is 0 Å². The summed E-state index contributed by atoms with van der Waals surface area (Å²) in [6, 6.07) is 0. The van der Waals surface area contributed by atoms with Gasteiger partial charge in [0.25, 0.3) is 0 Å². The molecule has 0 amide bonds. The van der Waals surface area contributed by atoms with Crippen molar-refractivity contribution in [2.24, 2.45) is 29.1 Å². The number of fused-ring (bicyclic) bond motifs is 2. The van der Waals surface area contributed by atoms with Gasteiger partial charge in [0.15, 0.2) is 5.78 Å². The molecule has 2 saturated carbocycles. The lowest BCUT2D eigenvalue weighted by molar-refractivity contribution is -0.119. The molecule has 2 heteroatoms. The minimum atomic E-state index is -0.309. The first kappa shape index (κ1) is 16.2. The molecule has 0 aliphatic heterocycles. The predicted molar refractivity (Wildman–Crippen MR) is 89.6 cm³/mol. The summed E-state index contributed by atoms with van der Waals surface area (Å²) >= 11 is 0. The molecule has 124 valence electrons. The van der Waals surface area contributed by atoms with E-state index >= 15 is 0 Å². The van der Waals surface area contributed by atoms with Crippen LogP contribution in [0.5, 0.6) is 0 Å². The molecule has 0 radical (unpaired) electrons. The number of carbonyl (C=O) groups is 1. The van der Waals surface area contributed by atoms with E-state index in [1.807, 2.05) is 14.0 Å². The fourth-order valence-corrected chi connectivity index (χ4v) is 5.97. The Balaban J connectivity index is 2.06. The largest absolute Gasteiger partial charge is 0.373 e. The quantitative estimate of drug-likeness (QED) is 0.734. The van der Waals surface area contributed by atoms with Crippen LogP contribution in [-0.2, 0) is 9.53 Å². The van der Waals surface area contributed by atoms with Crippen molar-refractivity contribution in [2.75, 3.05) is 7.11 Å². The fraction of sp³-hybridized carbons (Fsp3) is 0.850. The third kappa shape index (κ3) is 2.06. The first-order valence-electron chi connectivity index (χ1n) is 9.04. The maximum absolute atomic E-state index is 12.4. The maximum Gasteiger partial charge on any atom is 0.161 e. The molecule has 22 heavy (non-hydrogen) atoms. The van der Waals surface area contributed by atoms with Gasteiger partial charge in [-0.05, 0) is 72.8 Å². The first-order chi connectivity index (χ1) is 10.2. The molecule has 3 aliphatic rings. The summed E-state index contributed by atoms with van der Waals surface area (Å²) in [7, 11) is 1.81. The molecular weight excluding hydrogens is 272 g/mol. The molecule has 5 atom stereocenters. The number of hydrogen-bond acceptors (Lipinski definition) is 2. The van der Waals surface area contributed by atoms with Gasteiger partial charge < -0.3 is 4.74 Å². The normalized spacial score (nSPS) is 45.2. The van der Waals surface area contributed by atoms with Crippen molar-refractivity contribution < 1.29 is 9.53 Å². The second kappa shape index (κ2) is 5.19. The van der Waals surface area contributed by atoms with Gasteiger partial charge in [-0.2, -0.15) is 0 Å². The van der Waals surface area contributed by atoms with Gasteiger partial charge in [0, 0.05) is 13.5 Å². The maximum atomic E-state index is 12.4. The SMILES string of the molecule is CO[C@@]12CC(=O)C(C)=C1C[C@@]1(C)CC[C@H](C(C)C)[C@@H]1C[C@@H]2C. The summed E-state index contributed by atoms with van der Waals surface area (Å²) in [6.45, 7) is 11.6. The summed E-state index contributed by atoms with van der Waals surface area (Å²) in [4.78, 5) is 12.4. The monoisotopic (exact) mass is 304 g/mol. The number of allylic oxidation sites excluding steroid dienone is 1. The van der Waals surface area contributed by atoms with Gasteiger partial charge in [0.05, 0.1) is 5.60 Å². The van der Waals surface area contributed by atoms with Crippen molar-refractivity contribution >= 4 is 5.78 Å². The van der Waals surface area contributed by atoms with Gasteiger partial charge in [-0.1, -0.05) is 27.7 Å².